The average Bonchev–Trinajstić information content (AvgIpc) is 2.57. The molecule has 1 saturated heterocycles. The quantitative estimate of drug-likeness (QED) is 0.807. The van der Waals surface area contributed by atoms with Crippen LogP contribution in [0.15, 0.2) is 18.2 Å². The van der Waals surface area contributed by atoms with Crippen molar-refractivity contribution in [1.29, 1.82) is 0 Å². The van der Waals surface area contributed by atoms with E-state index >= 15 is 0 Å². The number of hydrogen-bond donors (Lipinski definition) is 1. The summed E-state index contributed by atoms with van der Waals surface area (Å²) in [5, 5.41) is 0. The highest BCUT2D eigenvalue weighted by Crippen LogP contribution is 2.30. The van der Waals surface area contributed by atoms with Gasteiger partial charge >= 0.3 is 6.09 Å². The number of nitrogens with zero attached hydrogens (tertiary/aromatic N) is 3. The molecule has 146 valence electrons. The first kappa shape index (κ1) is 20.3. The van der Waals surface area contributed by atoms with E-state index in [9.17, 15) is 4.79 Å². The lowest BCUT2D eigenvalue weighted by Crippen LogP contribution is -2.52. The summed E-state index contributed by atoms with van der Waals surface area (Å²) in [6.45, 7) is 11.6. The number of nitrogen functional groups attached to an aromatic ring is 1. The molecular formula is C19H32N4O3. The van der Waals surface area contributed by atoms with E-state index in [0.717, 1.165) is 32.7 Å². The third-order valence-electron chi connectivity index (χ3n) is 4.65. The average molecular weight is 364 g/mol. The SMILES string of the molecule is COc1cc(N)ccc1OC(=O)N(CCN1CCN(C)CC1)C(C)(C)C. The molecule has 0 radical (unpaired) electrons. The van der Waals surface area contributed by atoms with E-state index in [1.807, 2.05) is 20.8 Å². The third kappa shape index (κ3) is 5.51. The number of piperazine rings is 1. The summed E-state index contributed by atoms with van der Waals surface area (Å²) in [7, 11) is 3.66. The highest BCUT2D eigenvalue weighted by atomic mass is 16.6. The fourth-order valence-electron chi connectivity index (χ4n) is 2.93. The Morgan fingerprint density at radius 2 is 1.85 bits per heavy atom. The van der Waals surface area contributed by atoms with Crippen LogP contribution >= 0.6 is 0 Å². The molecule has 7 heteroatoms. The molecule has 0 atom stereocenters. The number of carbonyl (C=O) groups is 1. The van der Waals surface area contributed by atoms with Gasteiger partial charge in [0, 0.05) is 56.6 Å². The maximum atomic E-state index is 12.8. The molecule has 1 aliphatic heterocycles. The van der Waals surface area contributed by atoms with Crippen molar-refractivity contribution in [2.75, 3.05) is 59.2 Å². The number of carbonyl (C=O) groups excluding carboxylic acids is 1. The molecule has 1 aliphatic rings. The monoisotopic (exact) mass is 364 g/mol. The molecule has 26 heavy (non-hydrogen) atoms. The molecule has 0 spiro atoms. The number of amides is 1. The Bertz CT molecular complexity index is 607. The van der Waals surface area contributed by atoms with E-state index in [4.69, 9.17) is 15.2 Å². The van der Waals surface area contributed by atoms with Crippen LogP contribution in [0.3, 0.4) is 0 Å². The molecule has 7 nitrogen and oxygen atoms in total. The molecule has 2 N–H and O–H groups in total. The van der Waals surface area contributed by atoms with Gasteiger partial charge in [-0.3, -0.25) is 4.90 Å². The topological polar surface area (TPSA) is 71.3 Å². The standard InChI is InChI=1S/C19H32N4O3/c1-19(2,3)23(13-12-22-10-8-21(4)9-11-22)18(24)26-16-7-6-15(20)14-17(16)25-5/h6-7,14H,8-13,20H2,1-5H3. The Balaban J connectivity index is 2.03. The zero-order chi connectivity index (χ0) is 19.3. The van der Waals surface area contributed by atoms with Gasteiger partial charge in [0.05, 0.1) is 7.11 Å². The lowest BCUT2D eigenvalue weighted by Gasteiger charge is -2.38. The zero-order valence-corrected chi connectivity index (χ0v) is 16.6. The van der Waals surface area contributed by atoms with Gasteiger partial charge in [-0.2, -0.15) is 0 Å². The molecule has 0 bridgehead atoms. The number of rotatable bonds is 5. The number of anilines is 1. The molecule has 0 aromatic heterocycles. The largest absolute Gasteiger partial charge is 0.493 e. The van der Waals surface area contributed by atoms with Crippen molar-refractivity contribution in [3.05, 3.63) is 18.2 Å². The van der Waals surface area contributed by atoms with Gasteiger partial charge in [0.25, 0.3) is 0 Å². The van der Waals surface area contributed by atoms with Gasteiger partial charge in [0.1, 0.15) is 0 Å². The fraction of sp³-hybridized carbons (Fsp3) is 0.632. The first-order chi connectivity index (χ1) is 12.2. The van der Waals surface area contributed by atoms with Crippen LogP contribution in [0.2, 0.25) is 0 Å². The van der Waals surface area contributed by atoms with Crippen molar-refractivity contribution in [2.45, 2.75) is 26.3 Å². The van der Waals surface area contributed by atoms with Crippen molar-refractivity contribution in [1.82, 2.24) is 14.7 Å². The van der Waals surface area contributed by atoms with Crippen LogP contribution in [0, 0.1) is 0 Å². The normalized spacial score (nSPS) is 16.3. The summed E-state index contributed by atoms with van der Waals surface area (Å²) in [5.41, 5.74) is 5.98. The molecule has 1 fully saturated rings. The second-order valence-corrected chi connectivity index (χ2v) is 7.75. The molecule has 1 aromatic carbocycles. The Labute approximate surface area is 156 Å². The lowest BCUT2D eigenvalue weighted by molar-refractivity contribution is 0.0856. The summed E-state index contributed by atoms with van der Waals surface area (Å²) in [4.78, 5) is 19.3. The van der Waals surface area contributed by atoms with Gasteiger partial charge < -0.3 is 25.0 Å². The molecule has 0 unspecified atom stereocenters. The molecule has 1 heterocycles. The first-order valence-electron chi connectivity index (χ1n) is 9.04. The van der Waals surface area contributed by atoms with E-state index < -0.39 is 0 Å². The third-order valence-corrected chi connectivity index (χ3v) is 4.65. The fourth-order valence-corrected chi connectivity index (χ4v) is 2.93. The zero-order valence-electron chi connectivity index (χ0n) is 16.6. The predicted molar refractivity (Wildman–Crippen MR) is 104 cm³/mol. The number of likely N-dealkylation sites (N-methyl/N-ethyl adjacent to an activating group) is 1. The van der Waals surface area contributed by atoms with E-state index in [-0.39, 0.29) is 11.6 Å². The lowest BCUT2D eigenvalue weighted by atomic mass is 10.1. The predicted octanol–water partition coefficient (Wildman–Crippen LogP) is 2.12. The summed E-state index contributed by atoms with van der Waals surface area (Å²) < 4.78 is 10.9. The number of hydrogen-bond acceptors (Lipinski definition) is 6. The van der Waals surface area contributed by atoms with Gasteiger partial charge in [-0.15, -0.1) is 0 Å². The Kier molecular flexibility index (Phi) is 6.72. The maximum Gasteiger partial charge on any atom is 0.415 e. The van der Waals surface area contributed by atoms with Crippen LogP contribution in [0.1, 0.15) is 20.8 Å². The number of ether oxygens (including phenoxy) is 2. The summed E-state index contributed by atoms with van der Waals surface area (Å²) >= 11 is 0. The van der Waals surface area contributed by atoms with Crippen LogP contribution in [-0.2, 0) is 0 Å². The summed E-state index contributed by atoms with van der Waals surface area (Å²) in [6.07, 6.45) is -0.380. The Morgan fingerprint density at radius 1 is 1.19 bits per heavy atom. The van der Waals surface area contributed by atoms with Crippen molar-refractivity contribution in [2.24, 2.45) is 0 Å². The van der Waals surface area contributed by atoms with Gasteiger partial charge in [0.2, 0.25) is 0 Å². The molecular weight excluding hydrogens is 332 g/mol. The van der Waals surface area contributed by atoms with E-state index in [0.29, 0.717) is 23.7 Å². The van der Waals surface area contributed by atoms with Gasteiger partial charge in [-0.25, -0.2) is 4.79 Å². The van der Waals surface area contributed by atoms with Gasteiger partial charge in [-0.1, -0.05) is 0 Å². The van der Waals surface area contributed by atoms with Crippen LogP contribution < -0.4 is 15.2 Å². The maximum absolute atomic E-state index is 12.8. The first-order valence-corrected chi connectivity index (χ1v) is 9.04. The van der Waals surface area contributed by atoms with Crippen molar-refractivity contribution in [3.8, 4) is 11.5 Å². The number of benzene rings is 1. The molecule has 0 aliphatic carbocycles. The number of methoxy groups -OCH3 is 1. The number of nitrogens with two attached hydrogens (primary N) is 1. The highest BCUT2D eigenvalue weighted by Gasteiger charge is 2.29. The highest BCUT2D eigenvalue weighted by molar-refractivity contribution is 5.73. The van der Waals surface area contributed by atoms with Crippen LogP contribution in [-0.4, -0.2) is 79.8 Å². The van der Waals surface area contributed by atoms with Crippen LogP contribution in [0.4, 0.5) is 10.5 Å². The molecule has 2 rings (SSSR count). The molecule has 1 amide bonds. The molecule has 0 saturated carbocycles. The minimum Gasteiger partial charge on any atom is -0.493 e. The van der Waals surface area contributed by atoms with Crippen LogP contribution in [0.25, 0.3) is 0 Å². The van der Waals surface area contributed by atoms with Crippen LogP contribution in [0.5, 0.6) is 11.5 Å². The van der Waals surface area contributed by atoms with E-state index in [1.54, 1.807) is 23.1 Å². The summed E-state index contributed by atoms with van der Waals surface area (Å²) in [5.74, 6) is 0.826. The van der Waals surface area contributed by atoms with Crippen molar-refractivity contribution >= 4 is 11.8 Å². The van der Waals surface area contributed by atoms with Gasteiger partial charge in [0.15, 0.2) is 11.5 Å². The van der Waals surface area contributed by atoms with Crippen molar-refractivity contribution < 1.29 is 14.3 Å². The van der Waals surface area contributed by atoms with E-state index in [1.165, 1.54) is 7.11 Å². The minimum atomic E-state index is -0.380. The molecule has 1 aromatic rings. The second-order valence-electron chi connectivity index (χ2n) is 7.75. The van der Waals surface area contributed by atoms with E-state index in [2.05, 4.69) is 16.8 Å². The minimum absolute atomic E-state index is 0.343. The Hall–Kier alpha value is -1.99. The summed E-state index contributed by atoms with van der Waals surface area (Å²) in [6, 6.07) is 5.00. The second kappa shape index (κ2) is 8.60. The van der Waals surface area contributed by atoms with Crippen molar-refractivity contribution in [3.63, 3.8) is 0 Å². The van der Waals surface area contributed by atoms with Gasteiger partial charge in [-0.05, 0) is 40.0 Å². The smallest absolute Gasteiger partial charge is 0.415 e. The Morgan fingerprint density at radius 3 is 2.42 bits per heavy atom.